The summed E-state index contributed by atoms with van der Waals surface area (Å²) >= 11 is 1.90. The summed E-state index contributed by atoms with van der Waals surface area (Å²) in [6, 6.07) is 0. The molecule has 0 saturated carbocycles. The van der Waals surface area contributed by atoms with Gasteiger partial charge in [0.25, 0.3) is 0 Å². The van der Waals surface area contributed by atoms with Crippen molar-refractivity contribution in [1.82, 2.24) is 0 Å². The molecular weight excluding hydrogens is 117 g/mol. The molecular formula is C2HSV-. The van der Waals surface area contributed by atoms with Crippen LogP contribution in [-0.2, 0) is 15.7 Å². The zero-order valence-electron chi connectivity index (χ0n) is 1.93. The van der Waals surface area contributed by atoms with Crippen LogP contribution >= 0.6 is 10.3 Å². The van der Waals surface area contributed by atoms with Crippen molar-refractivity contribution in [3.05, 3.63) is 6.42 Å². The van der Waals surface area contributed by atoms with E-state index in [1.165, 1.54) is 0 Å². The summed E-state index contributed by atoms with van der Waals surface area (Å²) in [5.74, 6) is 0. The summed E-state index contributed by atoms with van der Waals surface area (Å²) in [6.45, 7) is 0. The third-order valence-electron chi connectivity index (χ3n) is 0. The predicted octanol–water partition coefficient (Wildman–Crippen LogP) is 0.852. The molecule has 0 aromatic heterocycles. The van der Waals surface area contributed by atoms with Gasteiger partial charge in [0, 0.05) is 0 Å². The van der Waals surface area contributed by atoms with E-state index in [4.69, 9.17) is 6.42 Å². The van der Waals surface area contributed by atoms with Gasteiger partial charge in [0.15, 0.2) is 0 Å². The molecule has 0 aliphatic rings. The fraction of sp³-hybridized carbons (Fsp3) is 0. The van der Waals surface area contributed by atoms with Gasteiger partial charge in [0.1, 0.15) is 0 Å². The molecule has 2 heteroatoms. The molecule has 0 aromatic carbocycles. The Morgan fingerprint density at radius 3 is 1.50 bits per heavy atom. The van der Waals surface area contributed by atoms with Gasteiger partial charge in [-0.3, -0.25) is 0 Å². The second-order valence-corrected chi connectivity index (χ2v) is 0. The molecule has 0 heterocycles. The summed E-state index contributed by atoms with van der Waals surface area (Å²) in [6.07, 6.45) is 9.00. The average Bonchev–Trinajstić information content (AvgIpc) is 1.50. The summed E-state index contributed by atoms with van der Waals surface area (Å²) < 4.78 is 0. The van der Waals surface area contributed by atoms with Crippen LogP contribution in [0.15, 0.2) is 0 Å². The van der Waals surface area contributed by atoms with E-state index in [0.717, 1.165) is 0 Å². The normalized spacial score (nSPS) is 1.25. The van der Waals surface area contributed by atoms with E-state index in [2.05, 4.69) is 16.7 Å². The van der Waals surface area contributed by atoms with Crippen LogP contribution in [0.3, 0.4) is 0 Å². The van der Waals surface area contributed by atoms with E-state index in [1.807, 2.05) is 15.7 Å². The Morgan fingerprint density at radius 1 is 1.50 bits per heavy atom. The molecule has 0 aromatic rings. The van der Waals surface area contributed by atoms with Crippen molar-refractivity contribution in [2.45, 2.75) is 0 Å². The van der Waals surface area contributed by atoms with E-state index in [9.17, 15) is 0 Å². The van der Waals surface area contributed by atoms with Gasteiger partial charge in [-0.25, -0.2) is 0 Å². The first-order chi connectivity index (χ1) is 2.00. The van der Waals surface area contributed by atoms with E-state index in [1.54, 1.807) is 0 Å². The van der Waals surface area contributed by atoms with Crippen LogP contribution in [-0.4, -0.2) is 0 Å². The predicted molar refractivity (Wildman–Crippen MR) is 15.8 cm³/mol. The number of hydrogen-bond donors (Lipinski definition) is 0. The minimum atomic E-state index is 1.90. The fourth-order valence-electron chi connectivity index (χ4n) is 0. The zero-order valence-corrected chi connectivity index (χ0v) is 4.15. The third kappa shape index (κ3) is 33.1. The van der Waals surface area contributed by atoms with Crippen LogP contribution in [0.1, 0.15) is 0 Å². The molecule has 0 saturated heterocycles. The second-order valence-electron chi connectivity index (χ2n) is 0. The van der Waals surface area contributed by atoms with Gasteiger partial charge < -0.3 is 12.8 Å². The molecule has 0 rings (SSSR count). The molecule has 21 valence electrons. The molecule has 0 nitrogen and oxygen atoms in total. The molecule has 0 N–H and O–H groups in total. The Morgan fingerprint density at radius 2 is 1.50 bits per heavy atom. The maximum absolute atomic E-state index is 5.25. The van der Waals surface area contributed by atoms with Crippen LogP contribution in [0.4, 0.5) is 0 Å². The van der Waals surface area contributed by atoms with Crippen molar-refractivity contribution in [1.29, 1.82) is 0 Å². The topological polar surface area (TPSA) is 0 Å². The Labute approximate surface area is 39.3 Å². The molecule has 0 atom stereocenters. The Balaban J connectivity index is 0. The maximum atomic E-state index is 5.25. The second kappa shape index (κ2) is 142. The van der Waals surface area contributed by atoms with Gasteiger partial charge in [0.05, 0.1) is 0 Å². The van der Waals surface area contributed by atoms with E-state index in [-0.39, 0.29) is 0 Å². The van der Waals surface area contributed by atoms with E-state index < -0.39 is 0 Å². The molecule has 0 radical (unpaired) electrons. The van der Waals surface area contributed by atoms with Crippen LogP contribution < -0.4 is 0 Å². The number of rotatable bonds is 0. The molecule has 0 aliphatic carbocycles. The molecule has 4 heavy (non-hydrogen) atoms. The third-order valence-corrected chi connectivity index (χ3v) is 0. The Kier molecular flexibility index (Phi) is 313. The summed E-state index contributed by atoms with van der Waals surface area (Å²) in [4.78, 5) is 0. The first-order valence-corrected chi connectivity index (χ1v) is 2.55. The molecule has 0 fully saturated rings. The molecule has 0 spiro atoms. The monoisotopic (exact) mass is 118 g/mol. The number of hydrogen-bond acceptors (Lipinski definition) is 1. The van der Waals surface area contributed by atoms with Crippen molar-refractivity contribution in [2.24, 2.45) is 0 Å². The molecule has 0 aliphatic heterocycles. The van der Waals surface area contributed by atoms with Crippen LogP contribution in [0, 0.1) is 12.8 Å². The Bertz CT molecular complexity index is 17.2. The fourth-order valence-corrected chi connectivity index (χ4v) is 0. The van der Waals surface area contributed by atoms with Gasteiger partial charge >= 0.3 is 26.0 Å². The standard InChI is InChI=1S/C2H.S.V/c1-2;;/h1H;;/q-1;;/i1+5,2+5;;. The van der Waals surface area contributed by atoms with Crippen molar-refractivity contribution in [3.63, 3.8) is 0 Å². The summed E-state index contributed by atoms with van der Waals surface area (Å²) in [5, 5.41) is 0. The SMILES string of the molecule is [17C-]#[17CH].[S]=[V]. The van der Waals surface area contributed by atoms with Gasteiger partial charge in [-0.2, -0.15) is 0 Å². The van der Waals surface area contributed by atoms with Crippen molar-refractivity contribution < 1.29 is 15.7 Å². The Hall–Kier alpha value is 0.364. The molecule has 0 bridgehead atoms. The zero-order chi connectivity index (χ0) is 4.00. The summed E-state index contributed by atoms with van der Waals surface area (Å²) in [5.41, 5.74) is 0. The van der Waals surface area contributed by atoms with Crippen molar-refractivity contribution in [2.75, 3.05) is 0 Å². The first-order valence-electron chi connectivity index (χ1n) is 0.471. The quantitative estimate of drug-likeness (QED) is 0.335. The van der Waals surface area contributed by atoms with Crippen LogP contribution in [0.2, 0.25) is 0 Å². The van der Waals surface area contributed by atoms with E-state index in [0.29, 0.717) is 0 Å². The van der Waals surface area contributed by atoms with E-state index >= 15 is 0 Å². The van der Waals surface area contributed by atoms with Gasteiger partial charge in [0.2, 0.25) is 0 Å². The van der Waals surface area contributed by atoms with Crippen LogP contribution in [0.25, 0.3) is 0 Å². The van der Waals surface area contributed by atoms with Gasteiger partial charge in [-0.05, 0) is 0 Å². The average molecular weight is 118 g/mol. The molecule has 0 amide bonds. The first kappa shape index (κ1) is 8.84. The molecule has 0 unspecified atom stereocenters. The van der Waals surface area contributed by atoms with Crippen molar-refractivity contribution >= 4 is 10.3 Å². The summed E-state index contributed by atoms with van der Waals surface area (Å²) in [7, 11) is 4.02. The number of terminal acetylenes is 1. The van der Waals surface area contributed by atoms with Gasteiger partial charge in [-0.15, -0.1) is 0 Å². The van der Waals surface area contributed by atoms with Crippen LogP contribution in [0.5, 0.6) is 0 Å². The van der Waals surface area contributed by atoms with Crippen molar-refractivity contribution in [3.8, 4) is 6.42 Å². The van der Waals surface area contributed by atoms with Gasteiger partial charge in [-0.1, -0.05) is 0 Å². The minimum absolute atomic E-state index is 1.90.